The van der Waals surface area contributed by atoms with Crippen molar-refractivity contribution in [2.75, 3.05) is 22.1 Å². The molecule has 3 N–H and O–H groups in total. The van der Waals surface area contributed by atoms with E-state index in [4.69, 9.17) is 0 Å². The molecule has 5 rings (SSSR count). The molecule has 0 aliphatic carbocycles. The smallest absolute Gasteiger partial charge is 0.382 e. The number of rotatable bonds is 8. The number of nitriles is 1. The molecule has 13 heteroatoms. The fourth-order valence-corrected chi connectivity index (χ4v) is 6.79. The number of anilines is 2. The van der Waals surface area contributed by atoms with E-state index in [2.05, 4.69) is 27.0 Å². The summed E-state index contributed by atoms with van der Waals surface area (Å²) in [6.07, 6.45) is -2.11. The molecule has 1 saturated heterocycles. The van der Waals surface area contributed by atoms with E-state index in [0.29, 0.717) is 52.1 Å². The number of amides is 2. The number of fused-ring (bicyclic) bond motifs is 1. The van der Waals surface area contributed by atoms with Crippen molar-refractivity contribution in [2.45, 2.75) is 57.4 Å². The van der Waals surface area contributed by atoms with Gasteiger partial charge in [0, 0.05) is 29.4 Å². The molecule has 3 heterocycles. The average molecular weight is 639 g/mol. The first-order chi connectivity index (χ1) is 21.2. The number of carbonyl (C=O) groups is 1. The summed E-state index contributed by atoms with van der Waals surface area (Å²) in [5.41, 5.74) is 3.06. The van der Waals surface area contributed by atoms with Gasteiger partial charge in [0.05, 0.1) is 46.1 Å². The summed E-state index contributed by atoms with van der Waals surface area (Å²) in [6, 6.07) is 18.7. The summed E-state index contributed by atoms with van der Waals surface area (Å²) >= 11 is 0. The van der Waals surface area contributed by atoms with Gasteiger partial charge in [-0.1, -0.05) is 30.3 Å². The number of urea groups is 1. The van der Waals surface area contributed by atoms with E-state index in [1.807, 2.05) is 0 Å². The Morgan fingerprint density at radius 1 is 1.07 bits per heavy atom. The van der Waals surface area contributed by atoms with Crippen molar-refractivity contribution in [1.29, 1.82) is 5.26 Å². The Balaban J connectivity index is 1.31. The largest absolute Gasteiger partial charge is 0.406 e. The van der Waals surface area contributed by atoms with Gasteiger partial charge in [0.2, 0.25) is 0 Å². The first-order valence-electron chi connectivity index (χ1n) is 14.4. The van der Waals surface area contributed by atoms with Gasteiger partial charge in [0.15, 0.2) is 0 Å². The Labute approximate surface area is 259 Å². The van der Waals surface area contributed by atoms with Crippen molar-refractivity contribution in [3.05, 3.63) is 78.1 Å². The van der Waals surface area contributed by atoms with Crippen molar-refractivity contribution in [1.82, 2.24) is 14.9 Å². The molecule has 0 saturated carbocycles. The fraction of sp³-hybridized carbons (Fsp3) is 0.344. The molecule has 236 valence electrons. The van der Waals surface area contributed by atoms with Crippen LogP contribution in [0.25, 0.3) is 22.2 Å². The third-order valence-corrected chi connectivity index (χ3v) is 9.56. The SMILES string of the molecule is CC(C)(C#N)c1ccc(NC(=O)NCc2ccc(-c3cc4c(NC5CCS(=O)(=O)CC5)cccc4n3CC(F)(F)F)cc2)cn1. The highest BCUT2D eigenvalue weighted by Crippen LogP contribution is 2.36. The highest BCUT2D eigenvalue weighted by molar-refractivity contribution is 7.91. The van der Waals surface area contributed by atoms with Crippen LogP contribution < -0.4 is 16.0 Å². The van der Waals surface area contributed by atoms with Gasteiger partial charge in [-0.3, -0.25) is 4.98 Å². The number of benzene rings is 2. The molecule has 9 nitrogen and oxygen atoms in total. The topological polar surface area (TPSA) is 129 Å². The molecule has 2 amide bonds. The fourth-order valence-electron chi connectivity index (χ4n) is 5.30. The number of hydrogen-bond acceptors (Lipinski definition) is 6. The van der Waals surface area contributed by atoms with Crippen LogP contribution in [0, 0.1) is 11.3 Å². The summed E-state index contributed by atoms with van der Waals surface area (Å²) in [6.45, 7) is 2.50. The van der Waals surface area contributed by atoms with Gasteiger partial charge in [-0.25, -0.2) is 13.2 Å². The van der Waals surface area contributed by atoms with Crippen LogP contribution in [0.1, 0.15) is 37.9 Å². The van der Waals surface area contributed by atoms with Gasteiger partial charge in [0.25, 0.3) is 0 Å². The zero-order valence-corrected chi connectivity index (χ0v) is 25.6. The van der Waals surface area contributed by atoms with Crippen molar-refractivity contribution in [2.24, 2.45) is 0 Å². The van der Waals surface area contributed by atoms with Crippen LogP contribution in [-0.4, -0.2) is 47.7 Å². The van der Waals surface area contributed by atoms with Crippen LogP contribution in [0.4, 0.5) is 29.3 Å². The number of alkyl halides is 3. The monoisotopic (exact) mass is 638 g/mol. The number of carbonyl (C=O) groups excluding carboxylic acids is 1. The van der Waals surface area contributed by atoms with Crippen LogP contribution in [0.5, 0.6) is 0 Å². The highest BCUT2D eigenvalue weighted by Gasteiger charge is 2.31. The van der Waals surface area contributed by atoms with Gasteiger partial charge in [0.1, 0.15) is 16.4 Å². The molecule has 2 aromatic heterocycles. The van der Waals surface area contributed by atoms with Crippen molar-refractivity contribution in [3.8, 4) is 17.3 Å². The quantitative estimate of drug-likeness (QED) is 0.206. The molecule has 0 atom stereocenters. The van der Waals surface area contributed by atoms with Gasteiger partial charge < -0.3 is 20.5 Å². The van der Waals surface area contributed by atoms with Gasteiger partial charge in [-0.2, -0.15) is 18.4 Å². The lowest BCUT2D eigenvalue weighted by Gasteiger charge is -2.24. The predicted octanol–water partition coefficient (Wildman–Crippen LogP) is 6.38. The van der Waals surface area contributed by atoms with E-state index < -0.39 is 34.0 Å². The molecule has 1 aliphatic rings. The van der Waals surface area contributed by atoms with E-state index in [-0.39, 0.29) is 24.1 Å². The Bertz CT molecular complexity index is 1830. The minimum absolute atomic E-state index is 0.0793. The van der Waals surface area contributed by atoms with Crippen LogP contribution in [0.2, 0.25) is 0 Å². The van der Waals surface area contributed by atoms with Crippen molar-refractivity contribution >= 4 is 38.1 Å². The molecule has 4 aromatic rings. The van der Waals surface area contributed by atoms with Crippen LogP contribution >= 0.6 is 0 Å². The normalized spacial score (nSPS) is 15.4. The summed E-state index contributed by atoms with van der Waals surface area (Å²) in [4.78, 5) is 16.7. The second kappa shape index (κ2) is 12.4. The van der Waals surface area contributed by atoms with Gasteiger partial charge in [-0.15, -0.1) is 0 Å². The number of nitrogens with zero attached hydrogens (tertiary/aromatic N) is 3. The lowest BCUT2D eigenvalue weighted by Crippen LogP contribution is -2.32. The maximum atomic E-state index is 13.7. The number of hydrogen-bond donors (Lipinski definition) is 3. The first kappa shape index (κ1) is 31.8. The minimum Gasteiger partial charge on any atom is -0.382 e. The van der Waals surface area contributed by atoms with E-state index >= 15 is 0 Å². The summed E-state index contributed by atoms with van der Waals surface area (Å²) in [5, 5.41) is 18.7. The van der Waals surface area contributed by atoms with Crippen LogP contribution in [0.3, 0.4) is 0 Å². The highest BCUT2D eigenvalue weighted by atomic mass is 32.2. The first-order valence-corrected chi connectivity index (χ1v) is 16.2. The van der Waals surface area contributed by atoms with Crippen molar-refractivity contribution in [3.63, 3.8) is 0 Å². The number of pyridine rings is 1. The summed E-state index contributed by atoms with van der Waals surface area (Å²) < 4.78 is 66.1. The Hall–Kier alpha value is -4.57. The maximum Gasteiger partial charge on any atom is 0.406 e. The van der Waals surface area contributed by atoms with E-state index in [1.165, 1.54) is 10.8 Å². The Morgan fingerprint density at radius 3 is 2.40 bits per heavy atom. The molecule has 1 aliphatic heterocycles. The molecule has 2 aromatic carbocycles. The summed E-state index contributed by atoms with van der Waals surface area (Å²) in [5.74, 6) is 0.159. The molecule has 45 heavy (non-hydrogen) atoms. The zero-order valence-electron chi connectivity index (χ0n) is 24.8. The molecule has 0 radical (unpaired) electrons. The number of aromatic nitrogens is 2. The number of sulfone groups is 1. The van der Waals surface area contributed by atoms with Gasteiger partial charge >= 0.3 is 12.2 Å². The average Bonchev–Trinajstić information content (AvgIpc) is 3.35. The van der Waals surface area contributed by atoms with E-state index in [1.54, 1.807) is 74.5 Å². The lowest BCUT2D eigenvalue weighted by atomic mass is 9.91. The van der Waals surface area contributed by atoms with E-state index in [0.717, 1.165) is 5.56 Å². The molecular formula is C32H33F3N6O3S. The minimum atomic E-state index is -4.46. The third kappa shape index (κ3) is 7.75. The Kier molecular flexibility index (Phi) is 8.80. The number of halogens is 3. The van der Waals surface area contributed by atoms with E-state index in [9.17, 15) is 31.6 Å². The molecule has 1 fully saturated rings. The second-order valence-electron chi connectivity index (χ2n) is 11.7. The Morgan fingerprint density at radius 2 is 1.78 bits per heavy atom. The second-order valence-corrected chi connectivity index (χ2v) is 14.0. The summed E-state index contributed by atoms with van der Waals surface area (Å²) in [7, 11) is -3.05. The van der Waals surface area contributed by atoms with Gasteiger partial charge in [-0.05, 0) is 68.1 Å². The molecule has 0 unspecified atom stereocenters. The molecule has 0 bridgehead atoms. The third-order valence-electron chi connectivity index (χ3n) is 7.84. The van der Waals surface area contributed by atoms with Crippen LogP contribution in [0.15, 0.2) is 66.9 Å². The molecular weight excluding hydrogens is 605 g/mol. The number of nitrogens with one attached hydrogen (secondary N) is 3. The maximum absolute atomic E-state index is 13.7. The standard InChI is InChI=1S/C32H33F3N6O3S/c1-31(2,19-36)29-11-10-24(18-37-29)40-30(42)38-17-21-6-8-22(9-7-21)28-16-25-26(39-23-12-14-45(43,44)15-13-23)4-3-5-27(25)41(28)20-32(33,34)35/h3-11,16,18,23,39H,12-15,17,20H2,1-2H3,(H2,38,40,42). The molecule has 0 spiro atoms. The van der Waals surface area contributed by atoms with Crippen molar-refractivity contribution < 1.29 is 26.4 Å². The predicted molar refractivity (Wildman–Crippen MR) is 167 cm³/mol. The zero-order chi connectivity index (χ0) is 32.4. The van der Waals surface area contributed by atoms with Crippen LogP contribution in [-0.2, 0) is 28.3 Å². The lowest BCUT2D eigenvalue weighted by molar-refractivity contribution is -0.139.